The van der Waals surface area contributed by atoms with E-state index >= 15 is 0 Å². The van der Waals surface area contributed by atoms with E-state index in [0.29, 0.717) is 30.4 Å². The lowest BCUT2D eigenvalue weighted by atomic mass is 9.96. The summed E-state index contributed by atoms with van der Waals surface area (Å²) in [6, 6.07) is 0. The van der Waals surface area contributed by atoms with Crippen LogP contribution in [0.3, 0.4) is 0 Å². The molecule has 1 saturated carbocycles. The van der Waals surface area contributed by atoms with Crippen molar-refractivity contribution < 1.29 is 4.79 Å². The van der Waals surface area contributed by atoms with E-state index in [-0.39, 0.29) is 5.91 Å². The molecule has 98 valence electrons. The second-order valence-electron chi connectivity index (χ2n) is 4.94. The Morgan fingerprint density at radius 2 is 1.88 bits per heavy atom. The third-order valence-electron chi connectivity index (χ3n) is 3.52. The minimum atomic E-state index is 0.215. The summed E-state index contributed by atoms with van der Waals surface area (Å²) in [4.78, 5) is 14.3. The maximum Gasteiger partial charge on any atom is 0.223 e. The predicted molar refractivity (Wildman–Crippen MR) is 74.8 cm³/mol. The van der Waals surface area contributed by atoms with Crippen LogP contribution in [0, 0.1) is 5.92 Å². The lowest BCUT2D eigenvalue weighted by Gasteiger charge is -2.23. The van der Waals surface area contributed by atoms with E-state index in [1.54, 1.807) is 4.90 Å². The van der Waals surface area contributed by atoms with Crippen molar-refractivity contribution in [2.45, 2.75) is 51.9 Å². The first-order chi connectivity index (χ1) is 8.13. The Bertz CT molecular complexity index is 260. The summed E-state index contributed by atoms with van der Waals surface area (Å²) in [7, 11) is 0. The van der Waals surface area contributed by atoms with Gasteiger partial charge in [-0.3, -0.25) is 4.79 Å². The van der Waals surface area contributed by atoms with Gasteiger partial charge in [0.2, 0.25) is 5.91 Å². The molecule has 0 aromatic rings. The van der Waals surface area contributed by atoms with Crippen molar-refractivity contribution >= 4 is 23.1 Å². The fourth-order valence-electron chi connectivity index (χ4n) is 2.51. The number of amides is 1. The molecular weight excluding hydrogens is 232 g/mol. The van der Waals surface area contributed by atoms with Crippen LogP contribution in [0.25, 0.3) is 0 Å². The largest absolute Gasteiger partial charge is 0.392 e. The maximum absolute atomic E-state index is 12.1. The molecule has 0 aromatic carbocycles. The van der Waals surface area contributed by atoms with Crippen LogP contribution in [0.1, 0.15) is 51.9 Å². The van der Waals surface area contributed by atoms with Crippen LogP contribution in [0.4, 0.5) is 0 Å². The zero-order valence-corrected chi connectivity index (χ0v) is 11.6. The van der Waals surface area contributed by atoms with E-state index in [1.807, 2.05) is 6.92 Å². The molecule has 1 aliphatic rings. The molecule has 0 atom stereocenters. The third kappa shape index (κ3) is 5.48. The minimum Gasteiger partial charge on any atom is -0.392 e. The van der Waals surface area contributed by atoms with Gasteiger partial charge in [-0.2, -0.15) is 0 Å². The first kappa shape index (κ1) is 14.4. The van der Waals surface area contributed by atoms with E-state index < -0.39 is 0 Å². The number of carbonyl (C=O) groups is 1. The van der Waals surface area contributed by atoms with Gasteiger partial charge in [0.1, 0.15) is 0 Å². The van der Waals surface area contributed by atoms with Crippen molar-refractivity contribution in [3.05, 3.63) is 0 Å². The van der Waals surface area contributed by atoms with Gasteiger partial charge in [0.05, 0.1) is 11.5 Å². The van der Waals surface area contributed by atoms with Crippen molar-refractivity contribution in [2.24, 2.45) is 11.7 Å². The highest BCUT2D eigenvalue weighted by Crippen LogP contribution is 2.25. The number of rotatable bonds is 5. The Morgan fingerprint density at radius 3 is 2.35 bits per heavy atom. The Morgan fingerprint density at radius 1 is 1.29 bits per heavy atom. The SMILES string of the molecule is CCN(CC(N)=S)C(=O)CC1CCCCCC1. The second-order valence-corrected chi connectivity index (χ2v) is 5.46. The molecular formula is C13H24N2OS. The van der Waals surface area contributed by atoms with Gasteiger partial charge in [0.25, 0.3) is 0 Å². The summed E-state index contributed by atoms with van der Waals surface area (Å²) in [5, 5.41) is 0. The molecule has 1 fully saturated rings. The van der Waals surface area contributed by atoms with Gasteiger partial charge >= 0.3 is 0 Å². The molecule has 3 nitrogen and oxygen atoms in total. The van der Waals surface area contributed by atoms with Crippen molar-refractivity contribution in [3.8, 4) is 0 Å². The third-order valence-corrected chi connectivity index (χ3v) is 3.65. The standard InChI is InChI=1S/C13H24N2OS/c1-2-15(10-12(14)17)13(16)9-11-7-5-3-4-6-8-11/h11H,2-10H2,1H3,(H2,14,17). The Hall–Kier alpha value is -0.640. The molecule has 4 heteroatoms. The van der Waals surface area contributed by atoms with E-state index in [2.05, 4.69) is 0 Å². The lowest BCUT2D eigenvalue weighted by molar-refractivity contribution is -0.131. The van der Waals surface area contributed by atoms with Crippen molar-refractivity contribution in [2.75, 3.05) is 13.1 Å². The minimum absolute atomic E-state index is 0.215. The topological polar surface area (TPSA) is 46.3 Å². The molecule has 1 amide bonds. The Labute approximate surface area is 110 Å². The summed E-state index contributed by atoms with van der Waals surface area (Å²) in [6.07, 6.45) is 8.30. The van der Waals surface area contributed by atoms with Gasteiger partial charge in [0.15, 0.2) is 0 Å². The summed E-state index contributed by atoms with van der Waals surface area (Å²) >= 11 is 4.87. The molecule has 1 aliphatic carbocycles. The molecule has 0 aromatic heterocycles. The molecule has 0 bridgehead atoms. The fraction of sp³-hybridized carbons (Fsp3) is 0.846. The molecule has 0 aliphatic heterocycles. The first-order valence-corrected chi connectivity index (χ1v) is 7.10. The van der Waals surface area contributed by atoms with E-state index in [1.165, 1.54) is 38.5 Å². The van der Waals surface area contributed by atoms with Crippen LogP contribution in [0.5, 0.6) is 0 Å². The van der Waals surface area contributed by atoms with Crippen LogP contribution in [-0.4, -0.2) is 28.9 Å². The molecule has 0 radical (unpaired) electrons. The number of hydrogen-bond donors (Lipinski definition) is 1. The highest BCUT2D eigenvalue weighted by molar-refractivity contribution is 7.80. The predicted octanol–water partition coefficient (Wildman–Crippen LogP) is 2.48. The fourth-order valence-corrected chi connectivity index (χ4v) is 2.66. The normalized spacial score (nSPS) is 17.5. The number of nitrogens with zero attached hydrogens (tertiary/aromatic N) is 1. The molecule has 17 heavy (non-hydrogen) atoms. The molecule has 0 unspecified atom stereocenters. The average Bonchev–Trinajstić information content (AvgIpc) is 2.54. The summed E-state index contributed by atoms with van der Waals surface area (Å²) in [5.74, 6) is 0.789. The second kappa shape index (κ2) is 7.64. The van der Waals surface area contributed by atoms with Gasteiger partial charge in [-0.25, -0.2) is 0 Å². The van der Waals surface area contributed by atoms with E-state index in [9.17, 15) is 4.79 Å². The smallest absolute Gasteiger partial charge is 0.223 e. The summed E-state index contributed by atoms with van der Waals surface area (Å²) in [6.45, 7) is 3.10. The first-order valence-electron chi connectivity index (χ1n) is 6.69. The number of hydrogen-bond acceptors (Lipinski definition) is 2. The molecule has 0 heterocycles. The number of thiocarbonyl (C=S) groups is 1. The van der Waals surface area contributed by atoms with Gasteiger partial charge in [0, 0.05) is 13.0 Å². The van der Waals surface area contributed by atoms with Crippen LogP contribution in [-0.2, 0) is 4.79 Å². The number of likely N-dealkylation sites (N-methyl/N-ethyl adjacent to an activating group) is 1. The van der Waals surface area contributed by atoms with Crippen molar-refractivity contribution in [1.82, 2.24) is 4.90 Å². The highest BCUT2D eigenvalue weighted by atomic mass is 32.1. The zero-order valence-electron chi connectivity index (χ0n) is 10.8. The Kier molecular flexibility index (Phi) is 6.48. The molecule has 1 rings (SSSR count). The van der Waals surface area contributed by atoms with Gasteiger partial charge in [-0.05, 0) is 25.7 Å². The maximum atomic E-state index is 12.1. The van der Waals surface area contributed by atoms with Gasteiger partial charge < -0.3 is 10.6 Å². The summed E-state index contributed by atoms with van der Waals surface area (Å²) in [5.41, 5.74) is 5.50. The summed E-state index contributed by atoms with van der Waals surface area (Å²) < 4.78 is 0. The van der Waals surface area contributed by atoms with Crippen LogP contribution in [0.15, 0.2) is 0 Å². The highest BCUT2D eigenvalue weighted by Gasteiger charge is 2.19. The molecule has 0 saturated heterocycles. The van der Waals surface area contributed by atoms with Crippen LogP contribution >= 0.6 is 12.2 Å². The van der Waals surface area contributed by atoms with Crippen molar-refractivity contribution in [3.63, 3.8) is 0 Å². The van der Waals surface area contributed by atoms with Crippen molar-refractivity contribution in [1.29, 1.82) is 0 Å². The molecule has 0 spiro atoms. The van der Waals surface area contributed by atoms with E-state index in [0.717, 1.165) is 0 Å². The van der Waals surface area contributed by atoms with Crippen LogP contribution < -0.4 is 5.73 Å². The van der Waals surface area contributed by atoms with Crippen LogP contribution in [0.2, 0.25) is 0 Å². The van der Waals surface area contributed by atoms with Gasteiger partial charge in [-0.1, -0.05) is 37.9 Å². The van der Waals surface area contributed by atoms with Gasteiger partial charge in [-0.15, -0.1) is 0 Å². The lowest BCUT2D eigenvalue weighted by Crippen LogP contribution is -2.38. The number of carbonyl (C=O) groups excluding carboxylic acids is 1. The monoisotopic (exact) mass is 256 g/mol. The molecule has 2 N–H and O–H groups in total. The van der Waals surface area contributed by atoms with E-state index in [4.69, 9.17) is 18.0 Å². The number of nitrogens with two attached hydrogens (primary N) is 1. The zero-order chi connectivity index (χ0) is 12.7. The average molecular weight is 256 g/mol. The quantitative estimate of drug-likeness (QED) is 0.607. The Balaban J connectivity index is 2.41.